The van der Waals surface area contributed by atoms with E-state index >= 15 is 0 Å². The predicted octanol–water partition coefficient (Wildman–Crippen LogP) is 4.20. The van der Waals surface area contributed by atoms with Crippen molar-refractivity contribution in [2.75, 3.05) is 14.2 Å². The first-order chi connectivity index (χ1) is 14.4. The van der Waals surface area contributed by atoms with E-state index in [0.717, 1.165) is 20.6 Å². The van der Waals surface area contributed by atoms with Crippen LogP contribution < -0.4 is 3.87 Å². The van der Waals surface area contributed by atoms with Crippen LogP contribution in [0.2, 0.25) is 10.5 Å². The second-order valence-corrected chi connectivity index (χ2v) is 28.5. The molecule has 0 amide bonds. The molecule has 0 saturated carbocycles. The van der Waals surface area contributed by atoms with Crippen molar-refractivity contribution >= 4 is 17.6 Å². The average molecular weight is 452 g/mol. The van der Waals surface area contributed by atoms with Gasteiger partial charge in [-0.3, -0.25) is 0 Å². The minimum atomic E-state index is -2.98. The summed E-state index contributed by atoms with van der Waals surface area (Å²) in [5, 5.41) is 19.3. The summed E-state index contributed by atoms with van der Waals surface area (Å²) in [4.78, 5) is 0. The Morgan fingerprint density at radius 1 is 0.800 bits per heavy atom. The van der Waals surface area contributed by atoms with Crippen LogP contribution in [0.5, 0.6) is 0 Å². The molecule has 1 atom stereocenters. The van der Waals surface area contributed by atoms with E-state index in [2.05, 4.69) is 97.0 Å². The van der Waals surface area contributed by atoms with Crippen molar-refractivity contribution in [3.63, 3.8) is 0 Å². The molecule has 30 heavy (non-hydrogen) atoms. The third-order valence-corrected chi connectivity index (χ3v) is 17.3. The number of aliphatic hydroxyl groups excluding tert-OH is 2. The second kappa shape index (κ2) is 8.78. The van der Waals surface area contributed by atoms with Gasteiger partial charge in [-0.2, -0.15) is 0 Å². The second-order valence-electron chi connectivity index (χ2n) is 8.94. The van der Waals surface area contributed by atoms with Gasteiger partial charge in [-0.1, -0.05) is 0 Å². The Balaban J connectivity index is 0.000000606. The van der Waals surface area contributed by atoms with Gasteiger partial charge in [0.2, 0.25) is 0 Å². The molecule has 2 nitrogen and oxygen atoms in total. The van der Waals surface area contributed by atoms with E-state index in [1.807, 2.05) is 0 Å². The minimum absolute atomic E-state index is 0.580. The number of aliphatic hydroxyl groups is 2. The summed E-state index contributed by atoms with van der Waals surface area (Å²) in [5.74, 6) is 0. The van der Waals surface area contributed by atoms with Crippen molar-refractivity contribution in [2.45, 2.75) is 21.1 Å². The van der Waals surface area contributed by atoms with Gasteiger partial charge < -0.3 is 10.2 Å². The number of hydrogen-bond donors (Lipinski definition) is 2. The van der Waals surface area contributed by atoms with E-state index in [1.54, 1.807) is 9.43 Å². The molecule has 0 radical (unpaired) electrons. The average Bonchev–Trinajstić information content (AvgIpc) is 3.38. The van der Waals surface area contributed by atoms with Gasteiger partial charge in [-0.25, -0.2) is 0 Å². The van der Waals surface area contributed by atoms with E-state index in [1.165, 1.54) is 27.8 Å². The summed E-state index contributed by atoms with van der Waals surface area (Å²) in [5.41, 5.74) is 8.96. The van der Waals surface area contributed by atoms with Crippen LogP contribution >= 0.6 is 0 Å². The first kappa shape index (κ1) is 22.9. The zero-order chi connectivity index (χ0) is 22.0. The number of rotatable bonds is 2. The Kier molecular flexibility index (Phi) is 6.71. The number of allylic oxidation sites excluding steroid dienone is 1. The van der Waals surface area contributed by atoms with Crippen LogP contribution in [0.3, 0.4) is 0 Å². The van der Waals surface area contributed by atoms with E-state index in [9.17, 15) is 0 Å². The van der Waals surface area contributed by atoms with Crippen LogP contribution in [0.15, 0.2) is 72.8 Å². The van der Waals surface area contributed by atoms with Gasteiger partial charge in [0.05, 0.1) is 0 Å². The van der Waals surface area contributed by atoms with Gasteiger partial charge in [-0.05, 0) is 0 Å². The van der Waals surface area contributed by atoms with E-state index in [4.69, 9.17) is 10.2 Å². The van der Waals surface area contributed by atoms with Gasteiger partial charge in [-0.15, -0.1) is 0 Å². The van der Waals surface area contributed by atoms with Gasteiger partial charge in [0.1, 0.15) is 0 Å². The van der Waals surface area contributed by atoms with Gasteiger partial charge in [0, 0.05) is 14.2 Å². The molecule has 2 aliphatic carbocycles. The van der Waals surface area contributed by atoms with Crippen LogP contribution in [0, 0.1) is 0 Å². The predicted molar refractivity (Wildman–Crippen MR) is 129 cm³/mol. The fraction of sp³-hybridized carbons (Fsp3) is 0.231. The molecule has 0 aliphatic heterocycles. The van der Waals surface area contributed by atoms with Crippen molar-refractivity contribution in [1.82, 2.24) is 0 Å². The van der Waals surface area contributed by atoms with Crippen LogP contribution in [0.4, 0.5) is 0 Å². The summed E-state index contributed by atoms with van der Waals surface area (Å²) in [6, 6.07) is 25.0. The topological polar surface area (TPSA) is 40.5 Å². The monoisotopic (exact) mass is 452 g/mol. The SMILES string of the molecule is CO.CO.[CH3][Ti]([CH3])(=[SiH2])([c]1cccc2c1Cc1ccccc1-2)[CH]1C=Cc2ccccc21. The number of fused-ring (bicyclic) bond motifs is 4. The molecule has 4 heteroatoms. The van der Waals surface area contributed by atoms with E-state index in [-0.39, 0.29) is 0 Å². The molecular weight excluding hydrogens is 420 g/mol. The number of hydrogen-bond acceptors (Lipinski definition) is 2. The Morgan fingerprint density at radius 3 is 2.20 bits per heavy atom. The standard InChI is InChI=1S/C13H9.C9H7.2CH4O.2CH3.H2Si.Ti/c1-3-7-12-10(5-1)9-11-6-2-4-8-13(11)12;1-2-5-9-7-3-6-8(9)4-1;2*1-2;;;;/h1-5,7-8H,9H2;1-7H;2*2H,1H3;2*1H3;1H2;. The van der Waals surface area contributed by atoms with Gasteiger partial charge in [0.15, 0.2) is 0 Å². The van der Waals surface area contributed by atoms with Crippen LogP contribution in [0.25, 0.3) is 17.2 Å². The quantitative estimate of drug-likeness (QED) is 0.448. The third kappa shape index (κ3) is 3.70. The summed E-state index contributed by atoms with van der Waals surface area (Å²) in [7, 11) is 4.35. The Bertz CT molecular complexity index is 1160. The van der Waals surface area contributed by atoms with E-state index < -0.39 is 14.0 Å². The maximum absolute atomic E-state index is 7.00. The van der Waals surface area contributed by atoms with Crippen LogP contribution in [-0.4, -0.2) is 32.1 Å². The van der Waals surface area contributed by atoms with Crippen LogP contribution in [0.1, 0.15) is 26.5 Å². The third-order valence-electron chi connectivity index (χ3n) is 6.53. The molecule has 2 aliphatic rings. The van der Waals surface area contributed by atoms with Crippen LogP contribution in [-0.2, 0) is 20.5 Å². The van der Waals surface area contributed by atoms with Gasteiger partial charge >= 0.3 is 159 Å². The summed E-state index contributed by atoms with van der Waals surface area (Å²) >= 11 is -2.98. The molecule has 0 aromatic heterocycles. The first-order valence-electron chi connectivity index (χ1n) is 10.4. The number of benzene rings is 3. The Morgan fingerprint density at radius 2 is 1.43 bits per heavy atom. The van der Waals surface area contributed by atoms with Crippen molar-refractivity contribution < 1.29 is 24.3 Å². The fourth-order valence-electron chi connectivity index (χ4n) is 5.15. The molecular formula is C26H32O2SiTi. The molecule has 5 rings (SSSR count). The van der Waals surface area contributed by atoms with Crippen molar-refractivity contribution in [3.05, 3.63) is 95.1 Å². The van der Waals surface area contributed by atoms with Crippen molar-refractivity contribution in [2.24, 2.45) is 0 Å². The van der Waals surface area contributed by atoms with Crippen molar-refractivity contribution in [3.8, 4) is 11.1 Å². The Hall–Kier alpha value is -1.75. The Labute approximate surface area is 182 Å². The molecule has 0 bridgehead atoms. The molecule has 0 fully saturated rings. The summed E-state index contributed by atoms with van der Waals surface area (Å²) in [6.07, 6.45) is 5.94. The molecule has 1 unspecified atom stereocenters. The molecule has 3 aromatic rings. The fourth-order valence-corrected chi connectivity index (χ4v) is 14.5. The zero-order valence-corrected chi connectivity index (χ0v) is 21.4. The van der Waals surface area contributed by atoms with Gasteiger partial charge in [0.25, 0.3) is 0 Å². The summed E-state index contributed by atoms with van der Waals surface area (Å²) < 4.78 is 2.26. The first-order valence-corrected chi connectivity index (χ1v) is 19.2. The molecule has 0 saturated heterocycles. The molecule has 2 N–H and O–H groups in total. The maximum atomic E-state index is 7.00. The van der Waals surface area contributed by atoms with Crippen molar-refractivity contribution in [1.29, 1.82) is 0 Å². The zero-order valence-electron chi connectivity index (χ0n) is 18.4. The normalized spacial score (nSPS) is 15.8. The molecule has 0 heterocycles. The van der Waals surface area contributed by atoms with E-state index in [0.29, 0.717) is 4.22 Å². The molecule has 0 spiro atoms. The molecule has 3 aromatic carbocycles. The summed E-state index contributed by atoms with van der Waals surface area (Å²) in [6.45, 7) is 0. The molecule has 156 valence electrons.